The normalized spacial score (nSPS) is 15.0. The molecule has 0 unspecified atom stereocenters. The molecular weight excluding hydrogens is 380 g/mol. The number of benzene rings is 2. The first-order valence-corrected chi connectivity index (χ1v) is 8.60. The average Bonchev–Trinajstić information content (AvgIpc) is 3.08. The van der Waals surface area contributed by atoms with E-state index in [0.717, 1.165) is 9.91 Å². The molecule has 0 spiro atoms. The lowest BCUT2D eigenvalue weighted by Crippen LogP contribution is -2.45. The molecule has 0 saturated carbocycles. The largest absolute Gasteiger partial charge is 0.504 e. The lowest BCUT2D eigenvalue weighted by atomic mass is 10.1. The number of urea groups is 2. The summed E-state index contributed by atoms with van der Waals surface area (Å²) in [6.07, 6.45) is 1.29. The Hall–Kier alpha value is -4.08. The van der Waals surface area contributed by atoms with Crippen LogP contribution >= 0.6 is 0 Å². The fourth-order valence-corrected chi connectivity index (χ4v) is 2.71. The number of aliphatic carboxylic acids is 1. The number of amides is 4. The molecule has 0 radical (unpaired) electrons. The highest BCUT2D eigenvalue weighted by Crippen LogP contribution is 2.24. The maximum Gasteiger partial charge on any atom is 0.348 e. The molecule has 2 aromatic rings. The Bertz CT molecular complexity index is 962. The number of nitrogens with zero attached hydrogens (tertiary/aromatic N) is 3. The zero-order valence-corrected chi connectivity index (χ0v) is 15.1. The van der Waals surface area contributed by atoms with Crippen molar-refractivity contribution < 1.29 is 29.7 Å². The van der Waals surface area contributed by atoms with E-state index in [4.69, 9.17) is 0 Å². The van der Waals surface area contributed by atoms with E-state index in [-0.39, 0.29) is 24.6 Å². The summed E-state index contributed by atoms with van der Waals surface area (Å²) >= 11 is 0. The highest BCUT2D eigenvalue weighted by molar-refractivity contribution is 5.97. The first kappa shape index (κ1) is 19.7. The number of aromatic hydroxyl groups is 2. The van der Waals surface area contributed by atoms with Crippen LogP contribution in [0, 0.1) is 0 Å². The minimum absolute atomic E-state index is 0.0317. The van der Waals surface area contributed by atoms with Crippen LogP contribution in [0.5, 0.6) is 11.5 Å². The summed E-state index contributed by atoms with van der Waals surface area (Å²) in [4.78, 5) is 37.2. The number of phenolic OH excluding ortho intramolecular Hbond substituents is 2. The average molecular weight is 398 g/mol. The van der Waals surface area contributed by atoms with Gasteiger partial charge in [-0.3, -0.25) is 0 Å². The zero-order valence-electron chi connectivity index (χ0n) is 15.1. The lowest BCUT2D eigenvalue weighted by Gasteiger charge is -2.19. The van der Waals surface area contributed by atoms with E-state index in [1.54, 1.807) is 30.3 Å². The summed E-state index contributed by atoms with van der Waals surface area (Å²) in [7, 11) is 0. The summed E-state index contributed by atoms with van der Waals surface area (Å²) < 4.78 is 0. The summed E-state index contributed by atoms with van der Waals surface area (Å²) in [5.74, 6) is -1.87. The van der Waals surface area contributed by atoms with Crippen molar-refractivity contribution in [3.63, 3.8) is 0 Å². The number of nitrogens with one attached hydrogen (secondary N) is 1. The predicted octanol–water partition coefficient (Wildman–Crippen LogP) is 1.70. The van der Waals surface area contributed by atoms with Crippen molar-refractivity contribution in [2.75, 3.05) is 13.1 Å². The van der Waals surface area contributed by atoms with Crippen molar-refractivity contribution in [3.05, 3.63) is 59.7 Å². The molecule has 4 amide bonds. The van der Waals surface area contributed by atoms with Gasteiger partial charge in [-0.15, -0.1) is 0 Å². The van der Waals surface area contributed by atoms with E-state index in [1.807, 2.05) is 0 Å². The summed E-state index contributed by atoms with van der Waals surface area (Å²) in [6.45, 7) is 0.153. The topological polar surface area (TPSA) is 143 Å². The standard InChI is InChI=1S/C19H18N4O6/c24-14-7-6-12(10-15(14)25)11-20-23-9-8-22(19(23)29)18(28)21-16(17(26)27)13-4-2-1-3-5-13/h1-7,10-11,16,24-25H,8-9H2,(H,21,28)(H,26,27)/t16-/m1/s1. The third kappa shape index (κ3) is 4.43. The first-order valence-electron chi connectivity index (χ1n) is 8.60. The second-order valence-corrected chi connectivity index (χ2v) is 6.18. The molecule has 1 fully saturated rings. The van der Waals surface area contributed by atoms with Gasteiger partial charge in [-0.25, -0.2) is 24.3 Å². The Labute approximate surface area is 165 Å². The van der Waals surface area contributed by atoms with Crippen LogP contribution in [0.3, 0.4) is 0 Å². The molecule has 4 N–H and O–H groups in total. The van der Waals surface area contributed by atoms with Crippen LogP contribution < -0.4 is 5.32 Å². The molecule has 0 aromatic heterocycles. The first-order chi connectivity index (χ1) is 13.9. The fourth-order valence-electron chi connectivity index (χ4n) is 2.71. The number of hydrazone groups is 1. The molecule has 10 heteroatoms. The van der Waals surface area contributed by atoms with Gasteiger partial charge < -0.3 is 20.6 Å². The number of carboxylic acids is 1. The quantitative estimate of drug-likeness (QED) is 0.446. The molecule has 1 heterocycles. The molecule has 0 aliphatic carbocycles. The lowest BCUT2D eigenvalue weighted by molar-refractivity contribution is -0.139. The molecule has 10 nitrogen and oxygen atoms in total. The highest BCUT2D eigenvalue weighted by atomic mass is 16.4. The summed E-state index contributed by atoms with van der Waals surface area (Å²) in [5.41, 5.74) is 0.813. The number of phenols is 2. The number of carbonyl (C=O) groups excluding carboxylic acids is 2. The summed E-state index contributed by atoms with van der Waals surface area (Å²) in [5, 5.41) is 35.5. The van der Waals surface area contributed by atoms with Crippen molar-refractivity contribution >= 4 is 24.2 Å². The molecule has 150 valence electrons. The van der Waals surface area contributed by atoms with Gasteiger partial charge in [0.2, 0.25) is 0 Å². The van der Waals surface area contributed by atoms with Gasteiger partial charge in [0.05, 0.1) is 19.3 Å². The highest BCUT2D eigenvalue weighted by Gasteiger charge is 2.35. The molecule has 3 rings (SSSR count). The molecule has 1 aliphatic rings. The minimum Gasteiger partial charge on any atom is -0.504 e. The van der Waals surface area contributed by atoms with Crippen molar-refractivity contribution in [1.82, 2.24) is 15.2 Å². The minimum atomic E-state index is -1.30. The number of carboxylic acid groups (broad SMARTS) is 1. The van der Waals surface area contributed by atoms with Crippen molar-refractivity contribution in [1.29, 1.82) is 0 Å². The predicted molar refractivity (Wildman–Crippen MR) is 102 cm³/mol. The van der Waals surface area contributed by atoms with E-state index in [2.05, 4.69) is 10.4 Å². The number of carbonyl (C=O) groups is 3. The van der Waals surface area contributed by atoms with Crippen molar-refractivity contribution in [2.45, 2.75) is 6.04 Å². The molecule has 0 bridgehead atoms. The van der Waals surface area contributed by atoms with Crippen LogP contribution in [-0.4, -0.2) is 62.6 Å². The SMILES string of the molecule is O=C(O)[C@H](NC(=O)N1CCN(N=Cc2ccc(O)c(O)c2)C1=O)c1ccccc1. The van der Waals surface area contributed by atoms with Crippen LogP contribution in [0.15, 0.2) is 53.6 Å². The van der Waals surface area contributed by atoms with Crippen LogP contribution in [0.4, 0.5) is 9.59 Å². The van der Waals surface area contributed by atoms with Gasteiger partial charge in [-0.1, -0.05) is 30.3 Å². The number of hydrogen-bond donors (Lipinski definition) is 4. The molecule has 1 saturated heterocycles. The monoisotopic (exact) mass is 398 g/mol. The Morgan fingerprint density at radius 2 is 1.79 bits per heavy atom. The second kappa shape index (κ2) is 8.30. The molecule has 1 atom stereocenters. The zero-order chi connectivity index (χ0) is 21.0. The maximum atomic E-state index is 12.4. The maximum absolute atomic E-state index is 12.4. The van der Waals surface area contributed by atoms with E-state index in [0.29, 0.717) is 11.1 Å². The number of imide groups is 1. The Balaban J connectivity index is 1.67. The van der Waals surface area contributed by atoms with Gasteiger partial charge in [0, 0.05) is 0 Å². The molecule has 2 aromatic carbocycles. The second-order valence-electron chi connectivity index (χ2n) is 6.18. The molecular formula is C19H18N4O6. The Morgan fingerprint density at radius 3 is 2.45 bits per heavy atom. The van der Waals surface area contributed by atoms with E-state index in [9.17, 15) is 29.7 Å². The van der Waals surface area contributed by atoms with Crippen molar-refractivity contribution in [3.8, 4) is 11.5 Å². The van der Waals surface area contributed by atoms with Crippen LogP contribution in [0.2, 0.25) is 0 Å². The Morgan fingerprint density at radius 1 is 1.07 bits per heavy atom. The van der Waals surface area contributed by atoms with Crippen LogP contribution in [-0.2, 0) is 4.79 Å². The van der Waals surface area contributed by atoms with Crippen LogP contribution in [0.1, 0.15) is 17.2 Å². The molecule has 29 heavy (non-hydrogen) atoms. The van der Waals surface area contributed by atoms with Gasteiger partial charge in [0.25, 0.3) is 0 Å². The van der Waals surface area contributed by atoms with E-state index < -0.39 is 24.1 Å². The van der Waals surface area contributed by atoms with E-state index in [1.165, 1.54) is 24.4 Å². The van der Waals surface area contributed by atoms with Gasteiger partial charge in [-0.2, -0.15) is 5.10 Å². The summed E-state index contributed by atoms with van der Waals surface area (Å²) in [6, 6.07) is 9.33. The van der Waals surface area contributed by atoms with Gasteiger partial charge in [0.1, 0.15) is 0 Å². The van der Waals surface area contributed by atoms with Crippen molar-refractivity contribution in [2.24, 2.45) is 5.10 Å². The van der Waals surface area contributed by atoms with E-state index >= 15 is 0 Å². The Kier molecular flexibility index (Phi) is 5.63. The number of rotatable bonds is 5. The third-order valence-corrected chi connectivity index (χ3v) is 4.23. The fraction of sp³-hybridized carbons (Fsp3) is 0.158. The van der Waals surface area contributed by atoms with Gasteiger partial charge >= 0.3 is 18.0 Å². The van der Waals surface area contributed by atoms with Gasteiger partial charge in [0.15, 0.2) is 17.5 Å². The molecule has 1 aliphatic heterocycles. The smallest absolute Gasteiger partial charge is 0.348 e. The number of hydrogen-bond acceptors (Lipinski definition) is 6. The van der Waals surface area contributed by atoms with Crippen LogP contribution in [0.25, 0.3) is 0 Å². The van der Waals surface area contributed by atoms with Gasteiger partial charge in [-0.05, 0) is 29.3 Å². The third-order valence-electron chi connectivity index (χ3n) is 4.23.